The Balaban J connectivity index is 2.10. The second-order valence-electron chi connectivity index (χ2n) is 3.44. The van der Waals surface area contributed by atoms with Crippen LogP contribution in [-0.2, 0) is 4.74 Å². The summed E-state index contributed by atoms with van der Waals surface area (Å²) in [5.41, 5.74) is 5.86. The average Bonchev–Trinajstić information content (AvgIpc) is 2.13. The van der Waals surface area contributed by atoms with Gasteiger partial charge in [-0.15, -0.1) is 0 Å². The molecule has 0 unspecified atom stereocenters. The van der Waals surface area contributed by atoms with Crippen LogP contribution in [0.4, 0.5) is 0 Å². The molecule has 1 aliphatic carbocycles. The molecular formula is C7H13NO. The Morgan fingerprint density at radius 1 is 1.67 bits per heavy atom. The minimum absolute atomic E-state index is 0.116. The van der Waals surface area contributed by atoms with E-state index < -0.39 is 0 Å². The van der Waals surface area contributed by atoms with Gasteiger partial charge in [-0.25, -0.2) is 0 Å². The molecule has 0 aromatic heterocycles. The molecule has 3 fully saturated rings. The van der Waals surface area contributed by atoms with Gasteiger partial charge in [0.1, 0.15) is 0 Å². The zero-order chi connectivity index (χ0) is 6.48. The predicted octanol–water partition coefficient (Wildman–Crippen LogP) is 0.513. The summed E-state index contributed by atoms with van der Waals surface area (Å²) in [5.74, 6) is 0.844. The third-order valence-corrected chi connectivity index (χ3v) is 2.70. The SMILES string of the molecule is C[C@@H](N)C12CC(CO1)C2. The fourth-order valence-electron chi connectivity index (χ4n) is 1.94. The van der Waals surface area contributed by atoms with Crippen LogP contribution in [0.3, 0.4) is 0 Å². The number of nitrogens with two attached hydrogens (primary N) is 1. The number of hydrogen-bond acceptors (Lipinski definition) is 2. The monoisotopic (exact) mass is 127 g/mol. The number of fused-ring (bicyclic) bond motifs is 1. The summed E-state index contributed by atoms with van der Waals surface area (Å²) in [7, 11) is 0. The quantitative estimate of drug-likeness (QED) is 0.557. The predicted molar refractivity (Wildman–Crippen MR) is 35.1 cm³/mol. The van der Waals surface area contributed by atoms with Gasteiger partial charge in [-0.1, -0.05) is 0 Å². The lowest BCUT2D eigenvalue weighted by molar-refractivity contribution is -0.0164. The molecule has 1 atom stereocenters. The fourth-order valence-corrected chi connectivity index (χ4v) is 1.94. The Labute approximate surface area is 55.4 Å². The summed E-state index contributed by atoms with van der Waals surface area (Å²) < 4.78 is 5.55. The van der Waals surface area contributed by atoms with E-state index >= 15 is 0 Å². The Bertz CT molecular complexity index is 121. The van der Waals surface area contributed by atoms with E-state index in [0.717, 1.165) is 12.5 Å². The molecule has 0 spiro atoms. The van der Waals surface area contributed by atoms with E-state index in [1.165, 1.54) is 12.8 Å². The largest absolute Gasteiger partial charge is 0.373 e. The minimum Gasteiger partial charge on any atom is -0.373 e. The van der Waals surface area contributed by atoms with Gasteiger partial charge >= 0.3 is 0 Å². The van der Waals surface area contributed by atoms with E-state index in [4.69, 9.17) is 10.5 Å². The Morgan fingerprint density at radius 2 is 2.33 bits per heavy atom. The van der Waals surface area contributed by atoms with E-state index in [0.29, 0.717) is 0 Å². The summed E-state index contributed by atoms with van der Waals surface area (Å²) >= 11 is 0. The molecule has 0 radical (unpaired) electrons. The van der Waals surface area contributed by atoms with Crippen molar-refractivity contribution in [2.45, 2.75) is 31.4 Å². The van der Waals surface area contributed by atoms with Gasteiger partial charge < -0.3 is 10.5 Å². The molecule has 2 heteroatoms. The molecule has 0 aromatic carbocycles. The molecule has 1 saturated carbocycles. The molecule has 2 bridgehead atoms. The second-order valence-corrected chi connectivity index (χ2v) is 3.44. The normalized spacial score (nSPS) is 50.7. The molecule has 0 amide bonds. The Kier molecular flexibility index (Phi) is 0.945. The van der Waals surface area contributed by atoms with Crippen molar-refractivity contribution >= 4 is 0 Å². The summed E-state index contributed by atoms with van der Waals surface area (Å²) in [4.78, 5) is 0. The molecule has 3 aliphatic rings. The van der Waals surface area contributed by atoms with Gasteiger partial charge in [0, 0.05) is 6.04 Å². The highest BCUT2D eigenvalue weighted by Crippen LogP contribution is 2.49. The molecule has 2 heterocycles. The van der Waals surface area contributed by atoms with Gasteiger partial charge in [-0.3, -0.25) is 0 Å². The first-order chi connectivity index (χ1) is 4.23. The minimum atomic E-state index is 0.116. The highest BCUT2D eigenvalue weighted by Gasteiger charge is 2.53. The lowest BCUT2D eigenvalue weighted by Gasteiger charge is -2.39. The van der Waals surface area contributed by atoms with Crippen molar-refractivity contribution in [1.82, 2.24) is 0 Å². The van der Waals surface area contributed by atoms with Crippen molar-refractivity contribution in [3.05, 3.63) is 0 Å². The van der Waals surface area contributed by atoms with Crippen molar-refractivity contribution in [2.24, 2.45) is 11.7 Å². The highest BCUT2D eigenvalue weighted by molar-refractivity contribution is 5.05. The summed E-state index contributed by atoms with van der Waals surface area (Å²) in [5, 5.41) is 0. The average molecular weight is 127 g/mol. The van der Waals surface area contributed by atoms with Gasteiger partial charge in [0.25, 0.3) is 0 Å². The van der Waals surface area contributed by atoms with Crippen molar-refractivity contribution in [1.29, 1.82) is 0 Å². The van der Waals surface area contributed by atoms with Crippen LogP contribution in [0.1, 0.15) is 19.8 Å². The van der Waals surface area contributed by atoms with Gasteiger partial charge in [0.15, 0.2) is 0 Å². The molecule has 9 heavy (non-hydrogen) atoms. The van der Waals surface area contributed by atoms with Gasteiger partial charge in [0.2, 0.25) is 0 Å². The summed E-state index contributed by atoms with van der Waals surface area (Å²) in [6, 6.07) is 0.233. The maximum Gasteiger partial charge on any atom is 0.0837 e. The van der Waals surface area contributed by atoms with Crippen molar-refractivity contribution in [3.8, 4) is 0 Å². The Hall–Kier alpha value is -0.0800. The topological polar surface area (TPSA) is 35.2 Å². The highest BCUT2D eigenvalue weighted by atomic mass is 16.5. The van der Waals surface area contributed by atoms with Crippen LogP contribution in [0.2, 0.25) is 0 Å². The standard InChI is InChI=1S/C7H13NO/c1-5(8)7-2-6(3-7)4-9-7/h5-6H,2-4,8H2,1H3/t5-,6?,7?/m1/s1. The van der Waals surface area contributed by atoms with Gasteiger partial charge in [0.05, 0.1) is 12.2 Å². The first-order valence-corrected chi connectivity index (χ1v) is 3.62. The first kappa shape index (κ1) is 5.69. The molecule has 52 valence electrons. The first-order valence-electron chi connectivity index (χ1n) is 3.62. The zero-order valence-electron chi connectivity index (χ0n) is 5.76. The molecule has 2 nitrogen and oxygen atoms in total. The summed E-state index contributed by atoms with van der Waals surface area (Å²) in [6.07, 6.45) is 2.43. The number of rotatable bonds is 1. The lowest BCUT2D eigenvalue weighted by Crippen LogP contribution is -2.50. The lowest BCUT2D eigenvalue weighted by atomic mass is 9.71. The zero-order valence-corrected chi connectivity index (χ0v) is 5.76. The van der Waals surface area contributed by atoms with Crippen LogP contribution >= 0.6 is 0 Å². The van der Waals surface area contributed by atoms with Crippen LogP contribution in [0.15, 0.2) is 0 Å². The van der Waals surface area contributed by atoms with Crippen molar-refractivity contribution in [3.63, 3.8) is 0 Å². The molecule has 0 aromatic rings. The maximum absolute atomic E-state index is 5.74. The van der Waals surface area contributed by atoms with Crippen LogP contribution in [-0.4, -0.2) is 18.2 Å². The van der Waals surface area contributed by atoms with Crippen molar-refractivity contribution < 1.29 is 4.74 Å². The Morgan fingerprint density at radius 3 is 2.56 bits per heavy atom. The molecule has 3 rings (SSSR count). The van der Waals surface area contributed by atoms with E-state index in [2.05, 4.69) is 0 Å². The van der Waals surface area contributed by atoms with Crippen LogP contribution in [0.5, 0.6) is 0 Å². The number of hydrogen-bond donors (Lipinski definition) is 1. The van der Waals surface area contributed by atoms with Crippen LogP contribution < -0.4 is 5.73 Å². The summed E-state index contributed by atoms with van der Waals surface area (Å²) in [6.45, 7) is 3.00. The second kappa shape index (κ2) is 1.50. The maximum atomic E-state index is 5.74. The van der Waals surface area contributed by atoms with Crippen LogP contribution in [0.25, 0.3) is 0 Å². The van der Waals surface area contributed by atoms with Gasteiger partial charge in [-0.05, 0) is 25.7 Å². The van der Waals surface area contributed by atoms with Crippen LogP contribution in [0, 0.1) is 5.92 Å². The van der Waals surface area contributed by atoms with Gasteiger partial charge in [-0.2, -0.15) is 0 Å². The fraction of sp³-hybridized carbons (Fsp3) is 1.00. The van der Waals surface area contributed by atoms with E-state index in [9.17, 15) is 0 Å². The number of ether oxygens (including phenoxy) is 1. The van der Waals surface area contributed by atoms with E-state index in [1.807, 2.05) is 6.92 Å². The smallest absolute Gasteiger partial charge is 0.0837 e. The third kappa shape index (κ3) is 0.578. The molecule has 2 saturated heterocycles. The third-order valence-electron chi connectivity index (χ3n) is 2.70. The molecule has 2 aliphatic heterocycles. The van der Waals surface area contributed by atoms with E-state index in [-0.39, 0.29) is 11.6 Å². The molecular weight excluding hydrogens is 114 g/mol. The van der Waals surface area contributed by atoms with Crippen molar-refractivity contribution in [2.75, 3.05) is 6.61 Å². The molecule has 2 N–H and O–H groups in total. The van der Waals surface area contributed by atoms with E-state index in [1.54, 1.807) is 0 Å².